The maximum atomic E-state index is 12.5. The van der Waals surface area contributed by atoms with Crippen LogP contribution in [0.2, 0.25) is 0 Å². The number of hydrogen-bond donors (Lipinski definition) is 0. The van der Waals surface area contributed by atoms with Gasteiger partial charge < -0.3 is 12.9 Å². The van der Waals surface area contributed by atoms with Crippen molar-refractivity contribution in [1.82, 2.24) is 9.78 Å². The summed E-state index contributed by atoms with van der Waals surface area (Å²) in [5.74, 6) is 0. The van der Waals surface area contributed by atoms with Crippen molar-refractivity contribution in [1.29, 1.82) is 0 Å². The van der Waals surface area contributed by atoms with Crippen LogP contribution in [0, 0.1) is 6.92 Å². The van der Waals surface area contributed by atoms with E-state index in [2.05, 4.69) is 5.10 Å². The number of halogens is 3. The molecular formula is C9H9BF3N2-. The number of fused-ring (bicyclic) bond motifs is 1. The van der Waals surface area contributed by atoms with Crippen LogP contribution >= 0.6 is 0 Å². The van der Waals surface area contributed by atoms with Gasteiger partial charge in [0, 0.05) is 18.6 Å². The second-order valence-electron chi connectivity index (χ2n) is 3.65. The highest BCUT2D eigenvalue weighted by molar-refractivity contribution is 6.73. The molecule has 6 heteroatoms. The monoisotopic (exact) mass is 213 g/mol. The first-order valence-electron chi connectivity index (χ1n) is 4.52. The standard InChI is InChI=1S/C9H9BF3N2/c1-6-3-8(10(11,12)13)4-7-5-15(2)14-9(6)7/h3-5H,1-2H3/q-1. The van der Waals surface area contributed by atoms with E-state index < -0.39 is 12.4 Å². The Morgan fingerprint density at radius 1 is 1.27 bits per heavy atom. The molecule has 80 valence electrons. The van der Waals surface area contributed by atoms with Gasteiger partial charge in [0.15, 0.2) is 0 Å². The quantitative estimate of drug-likeness (QED) is 0.661. The van der Waals surface area contributed by atoms with Crippen molar-refractivity contribution in [2.75, 3.05) is 0 Å². The van der Waals surface area contributed by atoms with E-state index in [1.165, 1.54) is 4.68 Å². The van der Waals surface area contributed by atoms with E-state index in [-0.39, 0.29) is 0 Å². The SMILES string of the molecule is Cc1cc([B-](F)(F)F)cc2cn(C)nc12. The van der Waals surface area contributed by atoms with E-state index in [1.54, 1.807) is 20.2 Å². The van der Waals surface area contributed by atoms with Crippen molar-refractivity contribution in [3.05, 3.63) is 23.9 Å². The molecule has 0 fully saturated rings. The molecule has 0 saturated carbocycles. The molecule has 1 heterocycles. The van der Waals surface area contributed by atoms with Crippen LogP contribution in [0.3, 0.4) is 0 Å². The third-order valence-electron chi connectivity index (χ3n) is 2.31. The second-order valence-corrected chi connectivity index (χ2v) is 3.65. The van der Waals surface area contributed by atoms with Crippen molar-refractivity contribution in [2.24, 2.45) is 7.05 Å². The lowest BCUT2D eigenvalue weighted by Gasteiger charge is -2.15. The summed E-state index contributed by atoms with van der Waals surface area (Å²) in [6, 6.07) is 2.30. The average molecular weight is 213 g/mol. The molecule has 0 spiro atoms. The number of aromatic nitrogens is 2. The van der Waals surface area contributed by atoms with E-state index in [1.807, 2.05) is 0 Å². The number of nitrogens with zero attached hydrogens (tertiary/aromatic N) is 2. The summed E-state index contributed by atoms with van der Waals surface area (Å²) in [5.41, 5.74) is 0.622. The maximum absolute atomic E-state index is 12.5. The van der Waals surface area contributed by atoms with E-state index >= 15 is 0 Å². The van der Waals surface area contributed by atoms with Crippen LogP contribution < -0.4 is 5.46 Å². The molecule has 0 aliphatic carbocycles. The summed E-state index contributed by atoms with van der Waals surface area (Å²) < 4.78 is 39.1. The predicted octanol–water partition coefficient (Wildman–Crippen LogP) is 1.94. The molecule has 2 rings (SSSR count). The van der Waals surface area contributed by atoms with E-state index in [4.69, 9.17) is 0 Å². The normalized spacial score (nSPS) is 12.3. The first kappa shape index (κ1) is 10.1. The summed E-state index contributed by atoms with van der Waals surface area (Å²) in [5, 5.41) is 4.63. The van der Waals surface area contributed by atoms with Crippen molar-refractivity contribution in [3.8, 4) is 0 Å². The maximum Gasteiger partial charge on any atom is 0.509 e. The second kappa shape index (κ2) is 3.02. The van der Waals surface area contributed by atoms with Crippen LogP contribution in [-0.2, 0) is 7.05 Å². The molecule has 0 bridgehead atoms. The number of benzene rings is 1. The van der Waals surface area contributed by atoms with Crippen LogP contribution in [0.1, 0.15) is 5.56 Å². The Kier molecular flexibility index (Phi) is 2.03. The van der Waals surface area contributed by atoms with Gasteiger partial charge in [0.25, 0.3) is 0 Å². The average Bonchev–Trinajstić information content (AvgIpc) is 2.44. The Morgan fingerprint density at radius 2 is 1.93 bits per heavy atom. The highest BCUT2D eigenvalue weighted by Crippen LogP contribution is 2.18. The first-order chi connectivity index (χ1) is 6.88. The van der Waals surface area contributed by atoms with Crippen LogP contribution in [0.15, 0.2) is 18.3 Å². The summed E-state index contributed by atoms with van der Waals surface area (Å²) in [4.78, 5) is 0. The molecule has 0 N–H and O–H groups in total. The molecule has 2 aromatic rings. The Morgan fingerprint density at radius 3 is 2.53 bits per heavy atom. The molecule has 15 heavy (non-hydrogen) atoms. The lowest BCUT2D eigenvalue weighted by Crippen LogP contribution is -2.34. The topological polar surface area (TPSA) is 17.8 Å². The van der Waals surface area contributed by atoms with Gasteiger partial charge in [-0.15, -0.1) is 5.46 Å². The molecular weight excluding hydrogens is 204 g/mol. The summed E-state index contributed by atoms with van der Waals surface area (Å²) in [6.07, 6.45) is 1.59. The zero-order valence-corrected chi connectivity index (χ0v) is 8.34. The molecule has 0 aliphatic rings. The van der Waals surface area contributed by atoms with Crippen LogP contribution in [-0.4, -0.2) is 16.8 Å². The zero-order valence-electron chi connectivity index (χ0n) is 8.34. The van der Waals surface area contributed by atoms with Crippen molar-refractivity contribution >= 4 is 23.3 Å². The number of aryl methyl sites for hydroxylation is 2. The van der Waals surface area contributed by atoms with Gasteiger partial charge in [0.2, 0.25) is 0 Å². The van der Waals surface area contributed by atoms with Gasteiger partial charge in [-0.2, -0.15) is 5.10 Å². The minimum atomic E-state index is -4.93. The Balaban J connectivity index is 2.72. The van der Waals surface area contributed by atoms with Crippen molar-refractivity contribution in [3.63, 3.8) is 0 Å². The molecule has 2 nitrogen and oxygen atoms in total. The lowest BCUT2D eigenvalue weighted by atomic mass is 9.79. The highest BCUT2D eigenvalue weighted by atomic mass is 19.4. The number of rotatable bonds is 1. The first-order valence-corrected chi connectivity index (χ1v) is 4.52. The highest BCUT2D eigenvalue weighted by Gasteiger charge is 2.26. The fourth-order valence-corrected chi connectivity index (χ4v) is 1.65. The van der Waals surface area contributed by atoms with E-state index in [0.29, 0.717) is 16.5 Å². The number of hydrogen-bond acceptors (Lipinski definition) is 1. The van der Waals surface area contributed by atoms with Gasteiger partial charge in [0.05, 0.1) is 5.52 Å². The minimum Gasteiger partial charge on any atom is -0.445 e. The molecule has 1 aromatic heterocycles. The van der Waals surface area contributed by atoms with Crippen molar-refractivity contribution < 1.29 is 12.9 Å². The van der Waals surface area contributed by atoms with E-state index in [9.17, 15) is 12.9 Å². The predicted molar refractivity (Wildman–Crippen MR) is 54.2 cm³/mol. The van der Waals surface area contributed by atoms with Gasteiger partial charge in [-0.1, -0.05) is 12.1 Å². The van der Waals surface area contributed by atoms with Crippen LogP contribution in [0.4, 0.5) is 12.9 Å². The molecule has 0 atom stereocenters. The van der Waals surface area contributed by atoms with Gasteiger partial charge in [-0.3, -0.25) is 4.68 Å². The molecule has 0 saturated heterocycles. The molecule has 0 aliphatic heterocycles. The molecule has 0 unspecified atom stereocenters. The van der Waals surface area contributed by atoms with E-state index in [0.717, 1.165) is 12.1 Å². The summed E-state index contributed by atoms with van der Waals surface area (Å²) in [7, 11) is 1.69. The van der Waals surface area contributed by atoms with Gasteiger partial charge in [-0.25, -0.2) is 0 Å². The molecule has 0 radical (unpaired) electrons. The zero-order chi connectivity index (χ0) is 11.2. The smallest absolute Gasteiger partial charge is 0.445 e. The third-order valence-corrected chi connectivity index (χ3v) is 2.31. The third kappa shape index (κ3) is 1.71. The van der Waals surface area contributed by atoms with Gasteiger partial charge >= 0.3 is 6.98 Å². The Labute approximate surface area is 84.8 Å². The summed E-state index contributed by atoms with van der Waals surface area (Å²) >= 11 is 0. The molecule has 0 amide bonds. The summed E-state index contributed by atoms with van der Waals surface area (Å²) in [6.45, 7) is -3.29. The Hall–Kier alpha value is -1.46. The van der Waals surface area contributed by atoms with Gasteiger partial charge in [0.1, 0.15) is 0 Å². The van der Waals surface area contributed by atoms with Crippen molar-refractivity contribution in [2.45, 2.75) is 6.92 Å². The van der Waals surface area contributed by atoms with Crippen LogP contribution in [0.5, 0.6) is 0 Å². The van der Waals surface area contributed by atoms with Gasteiger partial charge in [-0.05, 0) is 12.5 Å². The van der Waals surface area contributed by atoms with Crippen LogP contribution in [0.25, 0.3) is 10.9 Å². The minimum absolute atomic E-state index is 0.534. The Bertz CT molecular complexity index is 516. The fourth-order valence-electron chi connectivity index (χ4n) is 1.65. The molecule has 1 aromatic carbocycles. The largest absolute Gasteiger partial charge is 0.509 e. The lowest BCUT2D eigenvalue weighted by molar-refractivity contribution is 0.501. The fraction of sp³-hybridized carbons (Fsp3) is 0.222.